The molecule has 1 aromatic heterocycles. The third-order valence-electron chi connectivity index (χ3n) is 5.39. The average Bonchev–Trinajstić information content (AvgIpc) is 3.37. The molecular formula is C22H23FN4O3S2. The number of hydrogen-bond acceptors (Lipinski definition) is 6. The van der Waals surface area contributed by atoms with Crippen LogP contribution in [0.15, 0.2) is 59.8 Å². The predicted octanol–water partition coefficient (Wildman–Crippen LogP) is 3.20. The molecule has 2 heterocycles. The van der Waals surface area contributed by atoms with Crippen molar-refractivity contribution in [2.75, 3.05) is 23.8 Å². The molecule has 0 saturated carbocycles. The third-order valence-corrected chi connectivity index (χ3v) is 8.05. The smallest absolute Gasteiger partial charge is 0.233 e. The lowest BCUT2D eigenvalue weighted by Crippen LogP contribution is -2.42. The van der Waals surface area contributed by atoms with Gasteiger partial charge in [-0.3, -0.25) is 9.36 Å². The second-order valence-corrected chi connectivity index (χ2v) is 10.7. The Balaban J connectivity index is 1.58. The van der Waals surface area contributed by atoms with Crippen LogP contribution in [0.4, 0.5) is 4.39 Å². The number of aromatic nitrogens is 3. The molecule has 1 atom stereocenters. The zero-order valence-corrected chi connectivity index (χ0v) is 19.2. The minimum atomic E-state index is -3.08. The highest BCUT2D eigenvalue weighted by molar-refractivity contribution is 7.99. The summed E-state index contributed by atoms with van der Waals surface area (Å²) in [6.07, 6.45) is 0.474. The number of carbonyl (C=O) groups excluding carboxylic acids is 1. The minimum absolute atomic E-state index is 0.0200. The fraction of sp³-hybridized carbons (Fsp3) is 0.318. The van der Waals surface area contributed by atoms with Crippen molar-refractivity contribution in [3.05, 3.63) is 60.4 Å². The number of amides is 1. The summed E-state index contributed by atoms with van der Waals surface area (Å²) in [5.74, 6) is 0.322. The molecule has 168 valence electrons. The van der Waals surface area contributed by atoms with Crippen LogP contribution in [0.3, 0.4) is 0 Å². The Morgan fingerprint density at radius 1 is 1.16 bits per heavy atom. The van der Waals surface area contributed by atoms with E-state index >= 15 is 0 Å². The van der Waals surface area contributed by atoms with Gasteiger partial charge in [0, 0.05) is 23.8 Å². The standard InChI is InChI=1S/C22H23FN4O3S2/c1-2-26(19-12-13-32(29,30)15-19)20(28)14-31-22-25-24-21(16-8-10-17(23)11-9-16)27(22)18-6-4-3-5-7-18/h3-11,19H,2,12-15H2,1H3/t19-/m1/s1. The van der Waals surface area contributed by atoms with Crippen molar-refractivity contribution >= 4 is 27.5 Å². The summed E-state index contributed by atoms with van der Waals surface area (Å²) in [7, 11) is -3.08. The zero-order chi connectivity index (χ0) is 22.7. The van der Waals surface area contributed by atoms with Gasteiger partial charge < -0.3 is 4.90 Å². The summed E-state index contributed by atoms with van der Waals surface area (Å²) in [5.41, 5.74) is 1.52. The van der Waals surface area contributed by atoms with Crippen LogP contribution in [0.25, 0.3) is 17.1 Å². The highest BCUT2D eigenvalue weighted by Gasteiger charge is 2.34. The summed E-state index contributed by atoms with van der Waals surface area (Å²) in [6.45, 7) is 2.30. The molecule has 0 radical (unpaired) electrons. The molecule has 1 amide bonds. The second kappa shape index (κ2) is 9.41. The quantitative estimate of drug-likeness (QED) is 0.489. The first-order valence-corrected chi connectivity index (χ1v) is 13.1. The lowest BCUT2D eigenvalue weighted by atomic mass is 10.2. The van der Waals surface area contributed by atoms with Gasteiger partial charge in [0.15, 0.2) is 20.8 Å². The monoisotopic (exact) mass is 474 g/mol. The highest BCUT2D eigenvalue weighted by atomic mass is 32.2. The molecule has 0 unspecified atom stereocenters. The van der Waals surface area contributed by atoms with Gasteiger partial charge >= 0.3 is 0 Å². The number of thioether (sulfide) groups is 1. The van der Waals surface area contributed by atoms with E-state index in [1.54, 1.807) is 17.0 Å². The zero-order valence-electron chi connectivity index (χ0n) is 17.5. The maximum absolute atomic E-state index is 13.4. The summed E-state index contributed by atoms with van der Waals surface area (Å²) >= 11 is 1.25. The summed E-state index contributed by atoms with van der Waals surface area (Å²) in [5, 5.41) is 9.11. The Labute approximate surface area is 190 Å². The van der Waals surface area contributed by atoms with Crippen LogP contribution < -0.4 is 0 Å². The molecule has 4 rings (SSSR count). The van der Waals surface area contributed by atoms with Gasteiger partial charge in [0.25, 0.3) is 0 Å². The van der Waals surface area contributed by atoms with Gasteiger partial charge in [-0.2, -0.15) is 0 Å². The molecule has 0 aliphatic carbocycles. The van der Waals surface area contributed by atoms with Gasteiger partial charge in [-0.1, -0.05) is 30.0 Å². The molecule has 10 heteroatoms. The van der Waals surface area contributed by atoms with Crippen molar-refractivity contribution in [1.29, 1.82) is 0 Å². The van der Waals surface area contributed by atoms with Crippen molar-refractivity contribution < 1.29 is 17.6 Å². The van der Waals surface area contributed by atoms with Crippen LogP contribution in [0.2, 0.25) is 0 Å². The Kier molecular flexibility index (Phi) is 6.61. The molecular weight excluding hydrogens is 451 g/mol. The fourth-order valence-corrected chi connectivity index (χ4v) is 6.40. The van der Waals surface area contributed by atoms with Gasteiger partial charge in [0.05, 0.1) is 17.3 Å². The molecule has 2 aromatic carbocycles. The lowest BCUT2D eigenvalue weighted by Gasteiger charge is -2.26. The Bertz CT molecular complexity index is 1200. The number of hydrogen-bond donors (Lipinski definition) is 0. The van der Waals surface area contributed by atoms with Crippen molar-refractivity contribution in [1.82, 2.24) is 19.7 Å². The highest BCUT2D eigenvalue weighted by Crippen LogP contribution is 2.29. The number of carbonyl (C=O) groups is 1. The first-order valence-electron chi connectivity index (χ1n) is 10.3. The number of sulfone groups is 1. The molecule has 7 nitrogen and oxygen atoms in total. The largest absolute Gasteiger partial charge is 0.338 e. The normalized spacial score (nSPS) is 17.4. The molecule has 1 fully saturated rings. The van der Waals surface area contributed by atoms with E-state index in [9.17, 15) is 17.6 Å². The summed E-state index contributed by atoms with van der Waals surface area (Å²) in [6, 6.07) is 15.2. The van der Waals surface area contributed by atoms with Gasteiger partial charge in [0.2, 0.25) is 5.91 Å². The molecule has 1 aliphatic rings. The molecule has 3 aromatic rings. The van der Waals surface area contributed by atoms with Crippen LogP contribution in [0.5, 0.6) is 0 Å². The van der Waals surface area contributed by atoms with Crippen LogP contribution in [-0.2, 0) is 14.6 Å². The Morgan fingerprint density at radius 3 is 2.50 bits per heavy atom. The predicted molar refractivity (Wildman–Crippen MR) is 122 cm³/mol. The molecule has 0 N–H and O–H groups in total. The Morgan fingerprint density at radius 2 is 1.88 bits per heavy atom. The van der Waals surface area contributed by atoms with Gasteiger partial charge in [0.1, 0.15) is 5.82 Å². The van der Waals surface area contributed by atoms with E-state index in [2.05, 4.69) is 10.2 Å². The first kappa shape index (κ1) is 22.5. The van der Waals surface area contributed by atoms with Crippen molar-refractivity contribution in [3.8, 4) is 17.1 Å². The van der Waals surface area contributed by atoms with Gasteiger partial charge in [-0.05, 0) is 49.7 Å². The van der Waals surface area contributed by atoms with Gasteiger partial charge in [-0.15, -0.1) is 10.2 Å². The van der Waals surface area contributed by atoms with E-state index in [1.165, 1.54) is 23.9 Å². The van der Waals surface area contributed by atoms with E-state index in [0.717, 1.165) is 5.69 Å². The second-order valence-electron chi connectivity index (χ2n) is 7.51. The van der Waals surface area contributed by atoms with Crippen LogP contribution in [0, 0.1) is 5.82 Å². The van der Waals surface area contributed by atoms with Gasteiger partial charge in [-0.25, -0.2) is 12.8 Å². The van der Waals surface area contributed by atoms with E-state index in [4.69, 9.17) is 0 Å². The topological polar surface area (TPSA) is 85.2 Å². The lowest BCUT2D eigenvalue weighted by molar-refractivity contribution is -0.129. The molecule has 32 heavy (non-hydrogen) atoms. The van der Waals surface area contributed by atoms with Crippen LogP contribution in [-0.4, -0.2) is 63.8 Å². The number of benzene rings is 2. The van der Waals surface area contributed by atoms with Crippen LogP contribution in [0.1, 0.15) is 13.3 Å². The molecule has 0 bridgehead atoms. The molecule has 1 aliphatic heterocycles. The summed E-state index contributed by atoms with van der Waals surface area (Å²) in [4.78, 5) is 14.6. The maximum atomic E-state index is 13.4. The van der Waals surface area contributed by atoms with E-state index in [1.807, 2.05) is 41.8 Å². The Hall–Kier alpha value is -2.72. The average molecular weight is 475 g/mol. The molecule has 1 saturated heterocycles. The van der Waals surface area contributed by atoms with E-state index in [-0.39, 0.29) is 35.0 Å². The van der Waals surface area contributed by atoms with E-state index < -0.39 is 9.84 Å². The maximum Gasteiger partial charge on any atom is 0.233 e. The van der Waals surface area contributed by atoms with E-state index in [0.29, 0.717) is 29.5 Å². The first-order chi connectivity index (χ1) is 15.4. The number of halogens is 1. The molecule has 0 spiro atoms. The number of para-hydroxylation sites is 1. The van der Waals surface area contributed by atoms with Crippen molar-refractivity contribution in [3.63, 3.8) is 0 Å². The minimum Gasteiger partial charge on any atom is -0.338 e. The summed E-state index contributed by atoms with van der Waals surface area (Å²) < 4.78 is 38.9. The number of nitrogens with zero attached hydrogens (tertiary/aromatic N) is 4. The SMILES string of the molecule is CCN(C(=O)CSc1nnc(-c2ccc(F)cc2)n1-c1ccccc1)[C@@H]1CCS(=O)(=O)C1. The van der Waals surface area contributed by atoms with Crippen molar-refractivity contribution in [2.24, 2.45) is 0 Å². The third kappa shape index (κ3) is 4.86. The fourth-order valence-electron chi connectivity index (χ4n) is 3.83. The number of rotatable bonds is 7. The van der Waals surface area contributed by atoms with Crippen LogP contribution >= 0.6 is 11.8 Å². The van der Waals surface area contributed by atoms with Crippen molar-refractivity contribution in [2.45, 2.75) is 24.5 Å².